The maximum atomic E-state index is 3.68. The molecule has 0 aromatic heterocycles. The van der Waals surface area contributed by atoms with Crippen molar-refractivity contribution in [3.05, 3.63) is 63.6 Å². The second kappa shape index (κ2) is 6.65. The Labute approximate surface area is 135 Å². The van der Waals surface area contributed by atoms with Crippen LogP contribution in [0.15, 0.2) is 46.9 Å². The van der Waals surface area contributed by atoms with Gasteiger partial charge in [0, 0.05) is 22.6 Å². The Kier molecular flexibility index (Phi) is 4.64. The van der Waals surface area contributed by atoms with Crippen LogP contribution in [0.1, 0.15) is 42.4 Å². The van der Waals surface area contributed by atoms with Crippen molar-refractivity contribution in [2.75, 3.05) is 11.9 Å². The van der Waals surface area contributed by atoms with Gasteiger partial charge in [-0.15, -0.1) is 0 Å². The molecule has 2 heteroatoms. The van der Waals surface area contributed by atoms with Crippen molar-refractivity contribution >= 4 is 21.6 Å². The van der Waals surface area contributed by atoms with E-state index in [0.29, 0.717) is 5.92 Å². The maximum Gasteiger partial charge on any atom is 0.0373 e. The minimum Gasteiger partial charge on any atom is -0.384 e. The number of fused-ring (bicyclic) bond motifs is 1. The van der Waals surface area contributed by atoms with Gasteiger partial charge < -0.3 is 5.32 Å². The Hall–Kier alpha value is -1.28. The van der Waals surface area contributed by atoms with E-state index < -0.39 is 0 Å². The summed E-state index contributed by atoms with van der Waals surface area (Å²) < 4.78 is 1.16. The first-order valence-corrected chi connectivity index (χ1v) is 8.67. The third-order valence-electron chi connectivity index (χ3n) is 4.48. The van der Waals surface area contributed by atoms with Gasteiger partial charge in [0.05, 0.1) is 0 Å². The normalized spacial score (nSPS) is 17.3. The van der Waals surface area contributed by atoms with Gasteiger partial charge in [-0.25, -0.2) is 0 Å². The zero-order valence-corrected chi connectivity index (χ0v) is 14.1. The molecule has 21 heavy (non-hydrogen) atoms. The quantitative estimate of drug-likeness (QED) is 0.767. The Morgan fingerprint density at radius 2 is 2.05 bits per heavy atom. The van der Waals surface area contributed by atoms with Crippen LogP contribution in [0.5, 0.6) is 0 Å². The van der Waals surface area contributed by atoms with Crippen LogP contribution < -0.4 is 5.32 Å². The summed E-state index contributed by atoms with van der Waals surface area (Å²) in [6, 6.07) is 15.5. The van der Waals surface area contributed by atoms with Gasteiger partial charge in [-0.3, -0.25) is 0 Å². The lowest BCUT2D eigenvalue weighted by atomic mass is 9.83. The molecule has 110 valence electrons. The highest BCUT2D eigenvalue weighted by Gasteiger charge is 2.19. The lowest BCUT2D eigenvalue weighted by Gasteiger charge is -2.26. The summed E-state index contributed by atoms with van der Waals surface area (Å²) in [5.74, 6) is 0.642. The van der Waals surface area contributed by atoms with Gasteiger partial charge in [-0.05, 0) is 60.6 Å². The van der Waals surface area contributed by atoms with Crippen LogP contribution in [0, 0.1) is 0 Å². The number of aryl methyl sites for hydroxylation is 2. The highest BCUT2D eigenvalue weighted by Crippen LogP contribution is 2.32. The van der Waals surface area contributed by atoms with Crippen molar-refractivity contribution in [1.82, 2.24) is 0 Å². The van der Waals surface area contributed by atoms with Crippen LogP contribution in [-0.4, -0.2) is 6.54 Å². The van der Waals surface area contributed by atoms with Crippen LogP contribution in [0.3, 0.4) is 0 Å². The molecule has 1 unspecified atom stereocenters. The molecule has 0 aliphatic heterocycles. The van der Waals surface area contributed by atoms with Crippen molar-refractivity contribution in [1.29, 1.82) is 0 Å². The molecule has 1 atom stereocenters. The number of benzene rings is 2. The molecule has 0 bridgehead atoms. The Morgan fingerprint density at radius 3 is 2.90 bits per heavy atom. The number of anilines is 1. The number of hydrogen-bond acceptors (Lipinski definition) is 1. The van der Waals surface area contributed by atoms with E-state index >= 15 is 0 Å². The third-order valence-corrected chi connectivity index (χ3v) is 4.97. The van der Waals surface area contributed by atoms with Crippen molar-refractivity contribution in [3.8, 4) is 0 Å². The molecule has 0 spiro atoms. The maximum absolute atomic E-state index is 3.68. The van der Waals surface area contributed by atoms with E-state index in [1.54, 1.807) is 11.1 Å². The van der Waals surface area contributed by atoms with Gasteiger partial charge in [0.1, 0.15) is 0 Å². The van der Waals surface area contributed by atoms with E-state index in [1.807, 2.05) is 0 Å². The Bertz CT molecular complexity index is 621. The van der Waals surface area contributed by atoms with Crippen LogP contribution >= 0.6 is 15.9 Å². The molecule has 0 heterocycles. The molecule has 1 nitrogen and oxygen atoms in total. The summed E-state index contributed by atoms with van der Waals surface area (Å²) in [7, 11) is 0. The molecule has 2 aromatic rings. The zero-order chi connectivity index (χ0) is 14.7. The fraction of sp³-hybridized carbons (Fsp3) is 0.368. The molecule has 1 aliphatic carbocycles. The SMILES string of the molecule is CCc1cc(Br)ccc1NCC1CCCc2ccccc21. The van der Waals surface area contributed by atoms with E-state index in [1.165, 1.54) is 30.5 Å². The third kappa shape index (κ3) is 3.32. The standard InChI is InChI=1S/C19H22BrN/c1-2-14-12-17(20)10-11-19(14)21-13-16-8-5-7-15-6-3-4-9-18(15)16/h3-4,6,9-12,16,21H,2,5,7-8,13H2,1H3. The number of hydrogen-bond donors (Lipinski definition) is 1. The van der Waals surface area contributed by atoms with E-state index in [-0.39, 0.29) is 0 Å². The fourth-order valence-corrected chi connectivity index (χ4v) is 3.74. The molecule has 0 saturated heterocycles. The van der Waals surface area contributed by atoms with Gasteiger partial charge in [0.15, 0.2) is 0 Å². The average molecular weight is 344 g/mol. The average Bonchev–Trinajstić information content (AvgIpc) is 2.53. The molecule has 1 N–H and O–H groups in total. The van der Waals surface area contributed by atoms with Gasteiger partial charge in [-0.2, -0.15) is 0 Å². The van der Waals surface area contributed by atoms with Crippen molar-refractivity contribution in [2.24, 2.45) is 0 Å². The van der Waals surface area contributed by atoms with Gasteiger partial charge in [0.25, 0.3) is 0 Å². The molecule has 2 aromatic carbocycles. The van der Waals surface area contributed by atoms with Crippen LogP contribution in [0.4, 0.5) is 5.69 Å². The molecule has 3 rings (SSSR count). The summed E-state index contributed by atoms with van der Waals surface area (Å²) in [5.41, 5.74) is 5.76. The molecule has 0 radical (unpaired) electrons. The lowest BCUT2D eigenvalue weighted by molar-refractivity contribution is 0.571. The monoisotopic (exact) mass is 343 g/mol. The van der Waals surface area contributed by atoms with Crippen molar-refractivity contribution in [3.63, 3.8) is 0 Å². The molecule has 1 aliphatic rings. The van der Waals surface area contributed by atoms with E-state index in [2.05, 4.69) is 70.6 Å². The van der Waals surface area contributed by atoms with Crippen LogP contribution in [0.25, 0.3) is 0 Å². The Balaban J connectivity index is 1.74. The van der Waals surface area contributed by atoms with E-state index in [9.17, 15) is 0 Å². The van der Waals surface area contributed by atoms with E-state index in [4.69, 9.17) is 0 Å². The summed E-state index contributed by atoms with van der Waals surface area (Å²) in [6.45, 7) is 3.24. The first kappa shape index (κ1) is 14.6. The second-order valence-corrected chi connectivity index (χ2v) is 6.74. The fourth-order valence-electron chi connectivity index (χ4n) is 3.33. The summed E-state index contributed by atoms with van der Waals surface area (Å²) >= 11 is 3.56. The summed E-state index contributed by atoms with van der Waals surface area (Å²) in [6.07, 6.45) is 4.90. The number of halogens is 1. The van der Waals surface area contributed by atoms with Crippen molar-refractivity contribution < 1.29 is 0 Å². The first-order valence-electron chi connectivity index (χ1n) is 7.88. The van der Waals surface area contributed by atoms with Gasteiger partial charge in [0.2, 0.25) is 0 Å². The largest absolute Gasteiger partial charge is 0.384 e. The minimum absolute atomic E-state index is 0.642. The van der Waals surface area contributed by atoms with Gasteiger partial charge in [-0.1, -0.05) is 47.1 Å². The number of rotatable bonds is 4. The highest BCUT2D eigenvalue weighted by molar-refractivity contribution is 9.10. The molecular weight excluding hydrogens is 322 g/mol. The lowest BCUT2D eigenvalue weighted by Crippen LogP contribution is -2.18. The number of nitrogens with one attached hydrogen (secondary N) is 1. The molecule has 0 saturated carbocycles. The first-order chi connectivity index (χ1) is 10.3. The predicted molar refractivity (Wildman–Crippen MR) is 94.1 cm³/mol. The molecule has 0 amide bonds. The van der Waals surface area contributed by atoms with E-state index in [0.717, 1.165) is 17.4 Å². The second-order valence-electron chi connectivity index (χ2n) is 5.82. The smallest absolute Gasteiger partial charge is 0.0373 e. The molecular formula is C19H22BrN. The minimum atomic E-state index is 0.642. The zero-order valence-electron chi connectivity index (χ0n) is 12.5. The van der Waals surface area contributed by atoms with Crippen LogP contribution in [-0.2, 0) is 12.8 Å². The highest BCUT2D eigenvalue weighted by atomic mass is 79.9. The van der Waals surface area contributed by atoms with Crippen molar-refractivity contribution in [2.45, 2.75) is 38.5 Å². The molecule has 0 fully saturated rings. The summed E-state index contributed by atoms with van der Waals surface area (Å²) in [4.78, 5) is 0. The summed E-state index contributed by atoms with van der Waals surface area (Å²) in [5, 5.41) is 3.68. The Morgan fingerprint density at radius 1 is 1.19 bits per heavy atom. The predicted octanol–water partition coefficient (Wildman–Crippen LogP) is 5.54. The van der Waals surface area contributed by atoms with Crippen LogP contribution in [0.2, 0.25) is 0 Å². The topological polar surface area (TPSA) is 12.0 Å². The van der Waals surface area contributed by atoms with Gasteiger partial charge >= 0.3 is 0 Å².